The van der Waals surface area contributed by atoms with Crippen molar-refractivity contribution in [2.45, 2.75) is 31.7 Å². The Morgan fingerprint density at radius 3 is 2.86 bits per heavy atom. The molecule has 3 rings (SSSR count). The van der Waals surface area contributed by atoms with Gasteiger partial charge in [0.25, 0.3) is 0 Å². The normalized spacial score (nSPS) is 21.5. The Hall–Kier alpha value is -2.04. The average molecular weight is 302 g/mol. The number of benzene rings is 1. The van der Waals surface area contributed by atoms with E-state index in [1.165, 1.54) is 0 Å². The molecule has 2 heterocycles. The monoisotopic (exact) mass is 302 g/mol. The molecular formula is C17H22N2O3. The molecule has 0 radical (unpaired) electrons. The van der Waals surface area contributed by atoms with E-state index in [2.05, 4.69) is 0 Å². The van der Waals surface area contributed by atoms with Crippen molar-refractivity contribution in [3.8, 4) is 5.75 Å². The van der Waals surface area contributed by atoms with Gasteiger partial charge in [0, 0.05) is 19.5 Å². The van der Waals surface area contributed by atoms with Gasteiger partial charge in [0.15, 0.2) is 0 Å². The molecule has 22 heavy (non-hydrogen) atoms. The standard InChI is InChI=1S/C17H22N2O3/c1-22-14-6-4-5-13(11-14)15-8-10-19(15)17(21)12-18-9-3-2-7-16(18)20/h4-6,11,15H,2-3,7-10,12H2,1H3/t15-/m0/s1. The third-order valence-corrected chi connectivity index (χ3v) is 4.57. The maximum absolute atomic E-state index is 12.5. The van der Waals surface area contributed by atoms with E-state index in [0.717, 1.165) is 37.1 Å². The van der Waals surface area contributed by atoms with Gasteiger partial charge in [-0.25, -0.2) is 0 Å². The molecular weight excluding hydrogens is 280 g/mol. The van der Waals surface area contributed by atoms with Gasteiger partial charge in [0.1, 0.15) is 5.75 Å². The van der Waals surface area contributed by atoms with Crippen LogP contribution in [0.1, 0.15) is 37.3 Å². The number of likely N-dealkylation sites (tertiary alicyclic amines) is 2. The predicted octanol–water partition coefficient (Wildman–Crippen LogP) is 1.98. The van der Waals surface area contributed by atoms with Crippen molar-refractivity contribution >= 4 is 11.8 Å². The first-order valence-electron chi connectivity index (χ1n) is 7.90. The van der Waals surface area contributed by atoms with Gasteiger partial charge in [0.2, 0.25) is 11.8 Å². The lowest BCUT2D eigenvalue weighted by molar-refractivity contribution is -0.146. The fourth-order valence-electron chi connectivity index (χ4n) is 3.16. The van der Waals surface area contributed by atoms with Crippen LogP contribution in [0.3, 0.4) is 0 Å². The van der Waals surface area contributed by atoms with Gasteiger partial charge in [-0.15, -0.1) is 0 Å². The Morgan fingerprint density at radius 2 is 2.18 bits per heavy atom. The molecule has 118 valence electrons. The van der Waals surface area contributed by atoms with Gasteiger partial charge in [-0.1, -0.05) is 12.1 Å². The van der Waals surface area contributed by atoms with Crippen LogP contribution in [0.25, 0.3) is 0 Å². The maximum Gasteiger partial charge on any atom is 0.242 e. The minimum absolute atomic E-state index is 0.0503. The number of carbonyl (C=O) groups excluding carboxylic acids is 2. The second-order valence-electron chi connectivity index (χ2n) is 5.94. The number of hydrogen-bond donors (Lipinski definition) is 0. The molecule has 5 heteroatoms. The van der Waals surface area contributed by atoms with Crippen LogP contribution in [0, 0.1) is 0 Å². The summed E-state index contributed by atoms with van der Waals surface area (Å²) in [6.07, 6.45) is 3.48. The van der Waals surface area contributed by atoms with Gasteiger partial charge in [-0.3, -0.25) is 9.59 Å². The molecule has 2 fully saturated rings. The second kappa shape index (κ2) is 6.38. The van der Waals surface area contributed by atoms with E-state index >= 15 is 0 Å². The number of ether oxygens (including phenoxy) is 1. The fraction of sp³-hybridized carbons (Fsp3) is 0.529. The minimum Gasteiger partial charge on any atom is -0.497 e. The quantitative estimate of drug-likeness (QED) is 0.854. The van der Waals surface area contributed by atoms with Crippen molar-refractivity contribution in [2.75, 3.05) is 26.7 Å². The van der Waals surface area contributed by atoms with Crippen LogP contribution < -0.4 is 4.74 Å². The first kappa shape index (κ1) is 14.9. The Labute approximate surface area is 130 Å². The minimum atomic E-state index is 0.0503. The van der Waals surface area contributed by atoms with Crippen molar-refractivity contribution < 1.29 is 14.3 Å². The Balaban J connectivity index is 1.64. The number of carbonyl (C=O) groups is 2. The molecule has 0 unspecified atom stereocenters. The molecule has 1 aromatic rings. The molecule has 0 saturated carbocycles. The second-order valence-corrected chi connectivity index (χ2v) is 5.94. The Morgan fingerprint density at radius 1 is 1.32 bits per heavy atom. The van der Waals surface area contributed by atoms with Gasteiger partial charge < -0.3 is 14.5 Å². The average Bonchev–Trinajstić information content (AvgIpc) is 2.49. The summed E-state index contributed by atoms with van der Waals surface area (Å²) >= 11 is 0. The molecule has 0 bridgehead atoms. The highest BCUT2D eigenvalue weighted by atomic mass is 16.5. The molecule has 5 nitrogen and oxygen atoms in total. The molecule has 0 aromatic heterocycles. The van der Waals surface area contributed by atoms with Crippen LogP contribution in [-0.4, -0.2) is 48.4 Å². The van der Waals surface area contributed by atoms with E-state index < -0.39 is 0 Å². The molecule has 0 aliphatic carbocycles. The summed E-state index contributed by atoms with van der Waals surface area (Å²) in [6, 6.07) is 7.97. The van der Waals surface area contributed by atoms with Crippen LogP contribution >= 0.6 is 0 Å². The number of rotatable bonds is 4. The Bertz CT molecular complexity index is 573. The number of amides is 2. The Kier molecular flexibility index (Phi) is 4.32. The molecule has 2 amide bonds. The van der Waals surface area contributed by atoms with Crippen molar-refractivity contribution in [1.29, 1.82) is 0 Å². The molecule has 1 aromatic carbocycles. The van der Waals surface area contributed by atoms with Crippen molar-refractivity contribution in [1.82, 2.24) is 9.80 Å². The van der Waals surface area contributed by atoms with E-state index in [1.807, 2.05) is 29.2 Å². The topological polar surface area (TPSA) is 49.9 Å². The molecule has 0 N–H and O–H groups in total. The molecule has 1 atom stereocenters. The lowest BCUT2D eigenvalue weighted by Crippen LogP contribution is -2.50. The van der Waals surface area contributed by atoms with Crippen LogP contribution in [0.5, 0.6) is 5.75 Å². The summed E-state index contributed by atoms with van der Waals surface area (Å²) in [7, 11) is 1.64. The van der Waals surface area contributed by atoms with Crippen LogP contribution in [0.2, 0.25) is 0 Å². The smallest absolute Gasteiger partial charge is 0.242 e. The summed E-state index contributed by atoms with van der Waals surface area (Å²) < 4.78 is 5.25. The first-order chi connectivity index (χ1) is 10.7. The number of hydrogen-bond acceptors (Lipinski definition) is 3. The zero-order valence-corrected chi connectivity index (χ0v) is 13.0. The van der Waals surface area contributed by atoms with Gasteiger partial charge >= 0.3 is 0 Å². The van der Waals surface area contributed by atoms with Crippen molar-refractivity contribution in [3.63, 3.8) is 0 Å². The third-order valence-electron chi connectivity index (χ3n) is 4.57. The highest BCUT2D eigenvalue weighted by Gasteiger charge is 2.34. The SMILES string of the molecule is COc1cccc([C@@H]2CCN2C(=O)CN2CCCCC2=O)c1. The summed E-state index contributed by atoms with van der Waals surface area (Å²) in [5.41, 5.74) is 1.10. The van der Waals surface area contributed by atoms with E-state index in [4.69, 9.17) is 4.74 Å². The zero-order valence-electron chi connectivity index (χ0n) is 13.0. The lowest BCUT2D eigenvalue weighted by atomic mass is 9.94. The summed E-state index contributed by atoms with van der Waals surface area (Å²) in [6.45, 7) is 1.70. The fourth-order valence-corrected chi connectivity index (χ4v) is 3.16. The molecule has 0 spiro atoms. The zero-order chi connectivity index (χ0) is 15.5. The molecule has 2 aliphatic heterocycles. The van der Waals surface area contributed by atoms with Gasteiger partial charge in [-0.05, 0) is 37.0 Å². The largest absolute Gasteiger partial charge is 0.497 e. The maximum atomic E-state index is 12.5. The number of piperidine rings is 1. The van der Waals surface area contributed by atoms with Crippen molar-refractivity contribution in [3.05, 3.63) is 29.8 Å². The van der Waals surface area contributed by atoms with Crippen LogP contribution in [0.15, 0.2) is 24.3 Å². The summed E-state index contributed by atoms with van der Waals surface area (Å²) in [4.78, 5) is 27.9. The van der Waals surface area contributed by atoms with Gasteiger partial charge in [0.05, 0.1) is 19.7 Å². The lowest BCUT2D eigenvalue weighted by Gasteiger charge is -2.42. The van der Waals surface area contributed by atoms with Gasteiger partial charge in [-0.2, -0.15) is 0 Å². The highest BCUT2D eigenvalue weighted by Crippen LogP contribution is 2.34. The summed E-state index contributed by atoms with van der Waals surface area (Å²) in [5.74, 6) is 0.968. The predicted molar refractivity (Wildman–Crippen MR) is 82.5 cm³/mol. The van der Waals surface area contributed by atoms with E-state index in [1.54, 1.807) is 12.0 Å². The highest BCUT2D eigenvalue weighted by molar-refractivity contribution is 5.85. The van der Waals surface area contributed by atoms with E-state index in [0.29, 0.717) is 13.0 Å². The summed E-state index contributed by atoms with van der Waals surface area (Å²) in [5, 5.41) is 0. The van der Waals surface area contributed by atoms with E-state index in [-0.39, 0.29) is 24.4 Å². The number of methoxy groups -OCH3 is 1. The molecule has 2 saturated heterocycles. The van der Waals surface area contributed by atoms with Crippen LogP contribution in [-0.2, 0) is 9.59 Å². The first-order valence-corrected chi connectivity index (χ1v) is 7.90. The van der Waals surface area contributed by atoms with E-state index in [9.17, 15) is 9.59 Å². The molecule has 2 aliphatic rings. The van der Waals surface area contributed by atoms with Crippen LogP contribution in [0.4, 0.5) is 0 Å². The van der Waals surface area contributed by atoms with Crippen molar-refractivity contribution in [2.24, 2.45) is 0 Å². The third kappa shape index (κ3) is 2.93. The number of nitrogens with zero attached hydrogens (tertiary/aromatic N) is 2.